The molecule has 0 aliphatic carbocycles. The molecule has 31 heavy (non-hydrogen) atoms. The van der Waals surface area contributed by atoms with Crippen molar-refractivity contribution < 1.29 is 23.9 Å². The van der Waals surface area contributed by atoms with Crippen LogP contribution < -0.4 is 0 Å². The number of ether oxygens (including phenoxy) is 2. The molecule has 0 spiro atoms. The van der Waals surface area contributed by atoms with E-state index in [2.05, 4.69) is 15.1 Å². The van der Waals surface area contributed by atoms with Crippen LogP contribution in [0.2, 0.25) is 0 Å². The Balaban J connectivity index is 1.62. The monoisotopic (exact) mass is 425 g/mol. The van der Waals surface area contributed by atoms with E-state index < -0.39 is 17.7 Å². The Morgan fingerprint density at radius 1 is 1.35 bits per heavy atom. The first-order valence-electron chi connectivity index (χ1n) is 10.1. The summed E-state index contributed by atoms with van der Waals surface area (Å²) in [4.78, 5) is 46.0. The van der Waals surface area contributed by atoms with Crippen LogP contribution in [0.1, 0.15) is 19.4 Å². The zero-order valence-corrected chi connectivity index (χ0v) is 17.3. The number of aromatic nitrogens is 2. The molecule has 4 heterocycles. The molecule has 2 aliphatic rings. The van der Waals surface area contributed by atoms with Crippen LogP contribution >= 0.6 is 0 Å². The van der Waals surface area contributed by atoms with E-state index in [1.807, 2.05) is 6.07 Å². The number of nitrogens with zero attached hydrogens (tertiary/aromatic N) is 4. The van der Waals surface area contributed by atoms with Gasteiger partial charge in [0.2, 0.25) is 23.5 Å². The molecule has 1 N–H and O–H groups in total. The highest BCUT2D eigenvalue weighted by Gasteiger charge is 2.45. The van der Waals surface area contributed by atoms with Crippen LogP contribution in [0.25, 0.3) is 17.1 Å². The molecular weight excluding hydrogens is 402 g/mol. The largest absolute Gasteiger partial charge is 0.465 e. The average molecular weight is 425 g/mol. The molecule has 4 rings (SSSR count). The number of esters is 1. The smallest absolute Gasteiger partial charge is 0.326 e. The minimum atomic E-state index is -1.25. The van der Waals surface area contributed by atoms with E-state index in [-0.39, 0.29) is 24.2 Å². The van der Waals surface area contributed by atoms with Gasteiger partial charge in [0.1, 0.15) is 5.65 Å². The number of Topliss-reactive ketones (excluding diaryl/α,β-unsaturated/α-hetero) is 1. The van der Waals surface area contributed by atoms with Gasteiger partial charge in [-0.1, -0.05) is 0 Å². The second kappa shape index (κ2) is 8.58. The molecule has 2 aliphatic heterocycles. The van der Waals surface area contributed by atoms with Crippen LogP contribution in [-0.2, 0) is 23.9 Å². The van der Waals surface area contributed by atoms with Crippen molar-refractivity contribution in [2.24, 2.45) is 11.0 Å². The van der Waals surface area contributed by atoms with E-state index in [1.165, 1.54) is 6.92 Å². The standard InChI is InChI=1S/C21H23N5O5/c1-3-30-21(29)17-18(28)16(11-14-12-23-19-15(14)5-4-6-22-19)31-20(17)24-26-9-7-25(8-10-26)13(2)27/h4-6,11-12,17H,3,7-10H2,1-2H3,(H,22,23)/b16-11-,24-20-. The summed E-state index contributed by atoms with van der Waals surface area (Å²) in [5.41, 5.74) is 1.39. The van der Waals surface area contributed by atoms with Gasteiger partial charge in [-0.15, -0.1) is 5.10 Å². The Kier molecular flexibility index (Phi) is 5.70. The maximum Gasteiger partial charge on any atom is 0.326 e. The van der Waals surface area contributed by atoms with Gasteiger partial charge < -0.3 is 19.4 Å². The zero-order valence-electron chi connectivity index (χ0n) is 17.3. The number of hydrogen-bond acceptors (Lipinski definition) is 8. The lowest BCUT2D eigenvalue weighted by Crippen LogP contribution is -2.46. The second-order valence-corrected chi connectivity index (χ2v) is 7.20. The van der Waals surface area contributed by atoms with E-state index >= 15 is 0 Å². The SMILES string of the molecule is CCOC(=O)C1C(=O)/C(=C/c2c[nH]c3ncccc23)O/C1=N\N1CCN(C(C)=O)CC1. The highest BCUT2D eigenvalue weighted by Crippen LogP contribution is 2.28. The van der Waals surface area contributed by atoms with Crippen molar-refractivity contribution >= 4 is 40.7 Å². The van der Waals surface area contributed by atoms with Gasteiger partial charge in [-0.3, -0.25) is 19.4 Å². The number of ketones is 1. The lowest BCUT2D eigenvalue weighted by Gasteiger charge is -2.32. The molecule has 1 unspecified atom stereocenters. The van der Waals surface area contributed by atoms with E-state index in [4.69, 9.17) is 9.47 Å². The molecule has 0 radical (unpaired) electrons. The van der Waals surface area contributed by atoms with Crippen molar-refractivity contribution in [3.05, 3.63) is 35.8 Å². The predicted molar refractivity (Wildman–Crippen MR) is 112 cm³/mol. The summed E-state index contributed by atoms with van der Waals surface area (Å²) in [6.07, 6.45) is 4.96. The number of nitrogens with one attached hydrogen (secondary N) is 1. The number of hydrazone groups is 1. The van der Waals surface area contributed by atoms with Crippen molar-refractivity contribution in [3.8, 4) is 0 Å². The van der Waals surface area contributed by atoms with E-state index in [9.17, 15) is 14.4 Å². The summed E-state index contributed by atoms with van der Waals surface area (Å²) in [6.45, 7) is 5.30. The number of amides is 1. The van der Waals surface area contributed by atoms with Crippen LogP contribution in [0.3, 0.4) is 0 Å². The highest BCUT2D eigenvalue weighted by molar-refractivity contribution is 6.27. The van der Waals surface area contributed by atoms with Gasteiger partial charge >= 0.3 is 5.97 Å². The van der Waals surface area contributed by atoms with Gasteiger partial charge in [0, 0.05) is 43.4 Å². The molecule has 0 aromatic carbocycles. The number of piperazine rings is 1. The first kappa shape index (κ1) is 20.6. The molecule has 2 aromatic rings. The van der Waals surface area contributed by atoms with Crippen molar-refractivity contribution in [1.82, 2.24) is 19.9 Å². The van der Waals surface area contributed by atoms with Gasteiger partial charge in [0.25, 0.3) is 0 Å². The van der Waals surface area contributed by atoms with Crippen molar-refractivity contribution in [3.63, 3.8) is 0 Å². The molecule has 2 aromatic heterocycles. The molecule has 162 valence electrons. The fraction of sp³-hybridized carbons (Fsp3) is 0.381. The Morgan fingerprint density at radius 2 is 2.13 bits per heavy atom. The maximum absolute atomic E-state index is 13.0. The van der Waals surface area contributed by atoms with Crippen LogP contribution in [0, 0.1) is 5.92 Å². The predicted octanol–water partition coefficient (Wildman–Crippen LogP) is 1.16. The highest BCUT2D eigenvalue weighted by atomic mass is 16.5. The van der Waals surface area contributed by atoms with Gasteiger partial charge in [-0.25, -0.2) is 4.98 Å². The molecule has 2 fully saturated rings. The number of aromatic amines is 1. The number of fused-ring (bicyclic) bond motifs is 1. The van der Waals surface area contributed by atoms with Crippen LogP contribution in [0.4, 0.5) is 0 Å². The summed E-state index contributed by atoms with van der Waals surface area (Å²) in [6, 6.07) is 3.67. The minimum absolute atomic E-state index is 0.00226. The van der Waals surface area contributed by atoms with Crippen molar-refractivity contribution in [2.75, 3.05) is 32.8 Å². The topological polar surface area (TPSA) is 117 Å². The Bertz CT molecular complexity index is 1080. The summed E-state index contributed by atoms with van der Waals surface area (Å²) in [5.74, 6) is -2.44. The first-order chi connectivity index (χ1) is 15.0. The normalized spacial score (nSPS) is 21.7. The number of H-pyrrole nitrogens is 1. The fourth-order valence-electron chi connectivity index (χ4n) is 3.58. The second-order valence-electron chi connectivity index (χ2n) is 7.20. The third-order valence-corrected chi connectivity index (χ3v) is 5.20. The molecule has 0 bridgehead atoms. The first-order valence-corrected chi connectivity index (χ1v) is 10.1. The quantitative estimate of drug-likeness (QED) is 0.444. The van der Waals surface area contributed by atoms with Crippen molar-refractivity contribution in [1.29, 1.82) is 0 Å². The zero-order chi connectivity index (χ0) is 22.0. The van der Waals surface area contributed by atoms with E-state index in [1.54, 1.807) is 41.4 Å². The fourth-order valence-corrected chi connectivity index (χ4v) is 3.58. The molecule has 10 nitrogen and oxygen atoms in total. The van der Waals surface area contributed by atoms with Gasteiger partial charge in [0.05, 0.1) is 19.7 Å². The third kappa shape index (κ3) is 4.14. The summed E-state index contributed by atoms with van der Waals surface area (Å²) >= 11 is 0. The number of allylic oxidation sites excluding steroid dienone is 1. The van der Waals surface area contributed by atoms with Crippen LogP contribution in [-0.4, -0.2) is 76.2 Å². The average Bonchev–Trinajstić information content (AvgIpc) is 3.30. The maximum atomic E-state index is 13.0. The van der Waals surface area contributed by atoms with E-state index in [0.717, 1.165) is 5.39 Å². The van der Waals surface area contributed by atoms with Crippen LogP contribution in [0.5, 0.6) is 0 Å². The summed E-state index contributed by atoms with van der Waals surface area (Å²) in [5, 5.41) is 6.94. The molecule has 1 atom stereocenters. The number of carbonyl (C=O) groups is 3. The number of rotatable bonds is 4. The summed E-state index contributed by atoms with van der Waals surface area (Å²) < 4.78 is 10.8. The molecule has 2 saturated heterocycles. The van der Waals surface area contributed by atoms with Crippen LogP contribution in [0.15, 0.2) is 35.4 Å². The van der Waals surface area contributed by atoms with Gasteiger partial charge in [0.15, 0.2) is 5.76 Å². The van der Waals surface area contributed by atoms with Crippen molar-refractivity contribution in [2.45, 2.75) is 13.8 Å². The number of hydrogen-bond donors (Lipinski definition) is 1. The summed E-state index contributed by atoms with van der Waals surface area (Å²) in [7, 11) is 0. The Hall–Kier alpha value is -3.69. The molecule has 1 amide bonds. The van der Waals surface area contributed by atoms with Gasteiger partial charge in [-0.2, -0.15) is 0 Å². The lowest BCUT2D eigenvalue weighted by atomic mass is 10.0. The number of carbonyl (C=O) groups excluding carboxylic acids is 3. The molecular formula is C21H23N5O5. The van der Waals surface area contributed by atoms with Gasteiger partial charge in [-0.05, 0) is 25.1 Å². The Labute approximate surface area is 178 Å². The minimum Gasteiger partial charge on any atom is -0.465 e. The lowest BCUT2D eigenvalue weighted by molar-refractivity contribution is -0.147. The Morgan fingerprint density at radius 3 is 2.84 bits per heavy atom. The molecule has 10 heteroatoms. The number of pyridine rings is 1. The van der Waals surface area contributed by atoms with E-state index in [0.29, 0.717) is 37.4 Å². The third-order valence-electron chi connectivity index (χ3n) is 5.20. The molecule has 0 saturated carbocycles.